The van der Waals surface area contributed by atoms with Crippen molar-refractivity contribution in [2.24, 2.45) is 11.7 Å². The fourth-order valence-corrected chi connectivity index (χ4v) is 4.46. The molecule has 1 amide bonds. The van der Waals surface area contributed by atoms with Crippen molar-refractivity contribution in [3.8, 4) is 5.75 Å². The van der Waals surface area contributed by atoms with Crippen molar-refractivity contribution < 1.29 is 9.53 Å². The van der Waals surface area contributed by atoms with Crippen LogP contribution in [0.1, 0.15) is 35.0 Å². The van der Waals surface area contributed by atoms with Gasteiger partial charge < -0.3 is 15.4 Å². The third-order valence-corrected chi connectivity index (χ3v) is 6.09. The van der Waals surface area contributed by atoms with E-state index in [9.17, 15) is 4.79 Å². The van der Waals surface area contributed by atoms with E-state index in [1.54, 1.807) is 18.4 Å². The molecule has 2 unspecified atom stereocenters. The Hall–Kier alpha value is -1.59. The van der Waals surface area contributed by atoms with Crippen molar-refractivity contribution in [3.63, 3.8) is 0 Å². The first-order chi connectivity index (χ1) is 11.0. The minimum Gasteiger partial charge on any atom is -0.497 e. The van der Waals surface area contributed by atoms with Gasteiger partial charge in [0.2, 0.25) is 0 Å². The third-order valence-electron chi connectivity index (χ3n) is 4.83. The van der Waals surface area contributed by atoms with Crippen molar-refractivity contribution in [1.29, 1.82) is 0 Å². The van der Waals surface area contributed by atoms with Crippen molar-refractivity contribution in [2.75, 3.05) is 20.2 Å². The number of amides is 1. The predicted molar refractivity (Wildman–Crippen MR) is 95.4 cm³/mol. The van der Waals surface area contributed by atoms with Gasteiger partial charge in [-0.2, -0.15) is 0 Å². The molecule has 2 heterocycles. The van der Waals surface area contributed by atoms with E-state index >= 15 is 0 Å². The van der Waals surface area contributed by atoms with Gasteiger partial charge in [0.05, 0.1) is 12.0 Å². The van der Waals surface area contributed by atoms with E-state index in [4.69, 9.17) is 10.5 Å². The quantitative estimate of drug-likeness (QED) is 0.937. The first-order valence-corrected chi connectivity index (χ1v) is 8.95. The second-order valence-corrected chi connectivity index (χ2v) is 7.48. The van der Waals surface area contributed by atoms with E-state index in [-0.39, 0.29) is 11.9 Å². The molecule has 0 aliphatic carbocycles. The molecule has 0 radical (unpaired) electrons. The summed E-state index contributed by atoms with van der Waals surface area (Å²) in [6, 6.07) is 6.13. The average molecular weight is 332 g/mol. The number of benzene rings is 1. The molecule has 1 saturated heterocycles. The lowest BCUT2D eigenvalue weighted by Gasteiger charge is -2.34. The van der Waals surface area contributed by atoms with Crippen molar-refractivity contribution in [1.82, 2.24) is 4.90 Å². The zero-order chi connectivity index (χ0) is 16.6. The Morgan fingerprint density at radius 2 is 2.26 bits per heavy atom. The molecular weight excluding hydrogens is 308 g/mol. The molecule has 3 rings (SSSR count). The summed E-state index contributed by atoms with van der Waals surface area (Å²) in [5.74, 6) is 1.38. The SMILES string of the molecule is COc1ccc2sc(C(=O)N3CCCC(C(C)N)C3)c(C)c2c1. The Kier molecular flexibility index (Phi) is 4.60. The average Bonchev–Trinajstić information content (AvgIpc) is 2.90. The summed E-state index contributed by atoms with van der Waals surface area (Å²) in [4.78, 5) is 15.8. The fourth-order valence-electron chi connectivity index (χ4n) is 3.30. The Bertz CT molecular complexity index is 723. The van der Waals surface area contributed by atoms with Crippen LogP contribution in [0.25, 0.3) is 10.1 Å². The summed E-state index contributed by atoms with van der Waals surface area (Å²) < 4.78 is 6.43. The molecule has 1 aromatic heterocycles. The lowest BCUT2D eigenvalue weighted by Crippen LogP contribution is -2.45. The van der Waals surface area contributed by atoms with Crippen LogP contribution in [0.2, 0.25) is 0 Å². The molecule has 4 nitrogen and oxygen atoms in total. The number of fused-ring (bicyclic) bond motifs is 1. The Balaban J connectivity index is 1.90. The number of ether oxygens (including phenoxy) is 1. The molecule has 0 saturated carbocycles. The van der Waals surface area contributed by atoms with Crippen LogP contribution in [-0.4, -0.2) is 37.0 Å². The minimum absolute atomic E-state index is 0.137. The molecule has 0 bridgehead atoms. The maximum atomic E-state index is 13.0. The first-order valence-electron chi connectivity index (χ1n) is 8.13. The maximum Gasteiger partial charge on any atom is 0.264 e. The molecule has 2 N–H and O–H groups in total. The van der Waals surface area contributed by atoms with Crippen LogP contribution in [0.15, 0.2) is 18.2 Å². The number of rotatable bonds is 3. The Morgan fingerprint density at radius 1 is 1.48 bits per heavy atom. The van der Waals surface area contributed by atoms with Crippen LogP contribution in [0.4, 0.5) is 0 Å². The van der Waals surface area contributed by atoms with Gasteiger partial charge in [-0.15, -0.1) is 11.3 Å². The van der Waals surface area contributed by atoms with Crippen molar-refractivity contribution >= 4 is 27.3 Å². The van der Waals surface area contributed by atoms with Gasteiger partial charge in [0.25, 0.3) is 5.91 Å². The normalized spacial score (nSPS) is 19.8. The van der Waals surface area contributed by atoms with Crippen molar-refractivity contribution in [2.45, 2.75) is 32.7 Å². The van der Waals surface area contributed by atoms with Gasteiger partial charge in [0.1, 0.15) is 5.75 Å². The zero-order valence-electron chi connectivity index (χ0n) is 14.0. The van der Waals surface area contributed by atoms with E-state index in [0.29, 0.717) is 5.92 Å². The summed E-state index contributed by atoms with van der Waals surface area (Å²) >= 11 is 1.58. The van der Waals surface area contributed by atoms with Gasteiger partial charge >= 0.3 is 0 Å². The highest BCUT2D eigenvalue weighted by molar-refractivity contribution is 7.21. The highest BCUT2D eigenvalue weighted by atomic mass is 32.1. The Morgan fingerprint density at radius 3 is 2.96 bits per heavy atom. The number of hydrogen-bond donors (Lipinski definition) is 1. The number of likely N-dealkylation sites (tertiary alicyclic amines) is 1. The summed E-state index contributed by atoms with van der Waals surface area (Å²) in [6.07, 6.45) is 2.15. The van der Waals surface area contributed by atoms with E-state index < -0.39 is 0 Å². The van der Waals surface area contributed by atoms with Crippen molar-refractivity contribution in [3.05, 3.63) is 28.6 Å². The summed E-state index contributed by atoms with van der Waals surface area (Å²) in [6.45, 7) is 5.67. The largest absolute Gasteiger partial charge is 0.497 e. The summed E-state index contributed by atoms with van der Waals surface area (Å²) in [5.41, 5.74) is 7.09. The minimum atomic E-state index is 0.137. The lowest BCUT2D eigenvalue weighted by atomic mass is 9.92. The van der Waals surface area contributed by atoms with Gasteiger partial charge in [0, 0.05) is 23.8 Å². The summed E-state index contributed by atoms with van der Waals surface area (Å²) in [5, 5.41) is 1.11. The van der Waals surface area contributed by atoms with Gasteiger partial charge in [-0.05, 0) is 61.8 Å². The third kappa shape index (κ3) is 3.08. The van der Waals surface area contributed by atoms with E-state index in [0.717, 1.165) is 52.2 Å². The van der Waals surface area contributed by atoms with Crippen LogP contribution in [0, 0.1) is 12.8 Å². The highest BCUT2D eigenvalue weighted by Gasteiger charge is 2.28. The van der Waals surface area contributed by atoms with E-state index in [2.05, 4.69) is 0 Å². The second kappa shape index (κ2) is 6.49. The molecule has 23 heavy (non-hydrogen) atoms. The Labute approximate surface area is 141 Å². The van der Waals surface area contributed by atoms with Gasteiger partial charge in [-0.25, -0.2) is 0 Å². The molecule has 1 aromatic carbocycles. The molecule has 2 atom stereocenters. The fraction of sp³-hybridized carbons (Fsp3) is 0.500. The van der Waals surface area contributed by atoms with Crippen LogP contribution < -0.4 is 10.5 Å². The first kappa shape index (κ1) is 16.3. The predicted octanol–water partition coefficient (Wildman–Crippen LogP) is 3.42. The van der Waals surface area contributed by atoms with Crippen LogP contribution >= 0.6 is 11.3 Å². The maximum absolute atomic E-state index is 13.0. The standard InChI is InChI=1S/C18H24N2O2S/c1-11-15-9-14(22-3)6-7-16(15)23-17(11)18(21)20-8-4-5-13(10-20)12(2)19/h6-7,9,12-13H,4-5,8,10,19H2,1-3H3. The molecule has 5 heteroatoms. The molecule has 0 spiro atoms. The smallest absolute Gasteiger partial charge is 0.264 e. The lowest BCUT2D eigenvalue weighted by molar-refractivity contribution is 0.0665. The summed E-state index contributed by atoms with van der Waals surface area (Å²) in [7, 11) is 1.66. The number of carbonyl (C=O) groups is 1. The highest BCUT2D eigenvalue weighted by Crippen LogP contribution is 2.34. The second-order valence-electron chi connectivity index (χ2n) is 6.43. The zero-order valence-corrected chi connectivity index (χ0v) is 14.8. The molecule has 1 aliphatic rings. The van der Waals surface area contributed by atoms with E-state index in [1.807, 2.05) is 36.9 Å². The monoisotopic (exact) mass is 332 g/mol. The number of thiophene rings is 1. The number of aryl methyl sites for hydroxylation is 1. The van der Waals surface area contributed by atoms with Crippen LogP contribution in [0.3, 0.4) is 0 Å². The number of nitrogens with two attached hydrogens (primary N) is 1. The number of methoxy groups -OCH3 is 1. The molecule has 124 valence electrons. The molecule has 1 fully saturated rings. The molecule has 1 aliphatic heterocycles. The van der Waals surface area contributed by atoms with Crippen LogP contribution in [-0.2, 0) is 0 Å². The van der Waals surface area contributed by atoms with E-state index in [1.165, 1.54) is 0 Å². The number of hydrogen-bond acceptors (Lipinski definition) is 4. The van der Waals surface area contributed by atoms with Gasteiger partial charge in [0.15, 0.2) is 0 Å². The van der Waals surface area contributed by atoms with Gasteiger partial charge in [-0.3, -0.25) is 4.79 Å². The molecule has 2 aromatic rings. The topological polar surface area (TPSA) is 55.6 Å². The van der Waals surface area contributed by atoms with Gasteiger partial charge in [-0.1, -0.05) is 0 Å². The number of carbonyl (C=O) groups excluding carboxylic acids is 1. The number of nitrogens with zero attached hydrogens (tertiary/aromatic N) is 1. The molecular formula is C18H24N2O2S. The van der Waals surface area contributed by atoms with Crippen LogP contribution in [0.5, 0.6) is 5.75 Å². The number of piperidine rings is 1.